The molecule has 1 saturated heterocycles. The third kappa shape index (κ3) is 25.6. The van der Waals surface area contributed by atoms with Gasteiger partial charge in [0, 0.05) is 0 Å². The summed E-state index contributed by atoms with van der Waals surface area (Å²) >= 11 is -7.00. The standard InChI is InChI=1S/C12H27N4.4FH.Ti/c1-5-13-7-2-9-15-11-4-12-16-10-3-8-14-6-1;;;;;/h13-15H,1-12H2;4*1H;/q-1;;;;;+4/p-4. The zero-order valence-corrected chi connectivity index (χ0v) is 14.0. The first-order chi connectivity index (χ1) is 10.0. The molecule has 1 fully saturated rings. The van der Waals surface area contributed by atoms with Crippen molar-refractivity contribution in [3.05, 3.63) is 5.32 Å². The van der Waals surface area contributed by atoms with Gasteiger partial charge in [-0.05, 0) is 52.1 Å². The van der Waals surface area contributed by atoms with E-state index in [4.69, 9.17) is 0 Å². The molecule has 1 aliphatic heterocycles. The van der Waals surface area contributed by atoms with Gasteiger partial charge >= 0.3 is 31.1 Å². The molecule has 4 nitrogen and oxygen atoms in total. The Kier molecular flexibility index (Phi) is 15.4. The number of halogens is 4. The molecule has 128 valence electrons. The van der Waals surface area contributed by atoms with Gasteiger partial charge in [0.05, 0.1) is 0 Å². The molecule has 1 heterocycles. The van der Waals surface area contributed by atoms with Crippen LogP contribution in [0.15, 0.2) is 0 Å². The molecule has 9 heteroatoms. The molecule has 0 saturated carbocycles. The third-order valence-corrected chi connectivity index (χ3v) is 2.75. The fourth-order valence-corrected chi connectivity index (χ4v) is 1.80. The van der Waals surface area contributed by atoms with E-state index in [0.29, 0.717) is 0 Å². The van der Waals surface area contributed by atoms with Crippen LogP contribution in [0.3, 0.4) is 0 Å². The number of nitrogens with zero attached hydrogens (tertiary/aromatic N) is 1. The van der Waals surface area contributed by atoms with Crippen molar-refractivity contribution >= 4 is 0 Å². The molecule has 0 atom stereocenters. The van der Waals surface area contributed by atoms with Crippen molar-refractivity contribution in [3.63, 3.8) is 0 Å². The monoisotopic (exact) mass is 351 g/mol. The quantitative estimate of drug-likeness (QED) is 0.464. The molecule has 0 aromatic carbocycles. The zero-order valence-electron chi connectivity index (χ0n) is 12.4. The van der Waals surface area contributed by atoms with Crippen LogP contribution in [-0.4, -0.2) is 52.4 Å². The van der Waals surface area contributed by atoms with Crippen LogP contribution in [0.1, 0.15) is 25.7 Å². The van der Waals surface area contributed by atoms with E-state index in [9.17, 15) is 12.4 Å². The molecule has 0 bridgehead atoms. The molecule has 0 spiro atoms. The number of hydrogen-bond acceptors (Lipinski definition) is 3. The molecule has 3 N–H and O–H groups in total. The Bertz CT molecular complexity index is 150. The van der Waals surface area contributed by atoms with Gasteiger partial charge in [0.15, 0.2) is 0 Å². The van der Waals surface area contributed by atoms with Crippen LogP contribution in [0.2, 0.25) is 0 Å². The van der Waals surface area contributed by atoms with Crippen molar-refractivity contribution in [3.8, 4) is 0 Å². The van der Waals surface area contributed by atoms with E-state index in [2.05, 4.69) is 21.3 Å². The van der Waals surface area contributed by atoms with Crippen LogP contribution < -0.4 is 16.0 Å². The fourth-order valence-electron chi connectivity index (χ4n) is 1.80. The predicted molar refractivity (Wildman–Crippen MR) is 74.6 cm³/mol. The Morgan fingerprint density at radius 3 is 1.19 bits per heavy atom. The Labute approximate surface area is 130 Å². The summed E-state index contributed by atoms with van der Waals surface area (Å²) in [5, 5.41) is 14.9. The molecule has 0 amide bonds. The maximum atomic E-state index is 9.88. The van der Waals surface area contributed by atoms with Gasteiger partial charge in [-0.1, -0.05) is 12.8 Å². The molecule has 1 rings (SSSR count). The van der Waals surface area contributed by atoms with Crippen molar-refractivity contribution in [2.24, 2.45) is 0 Å². The summed E-state index contributed by atoms with van der Waals surface area (Å²) in [5.41, 5.74) is 0. The predicted octanol–water partition coefficient (Wildman–Crippen LogP) is 2.38. The van der Waals surface area contributed by atoms with Crippen LogP contribution in [-0.2, 0) is 18.7 Å². The van der Waals surface area contributed by atoms with Gasteiger partial charge in [0.25, 0.3) is 0 Å². The first kappa shape index (κ1) is 21.3. The van der Waals surface area contributed by atoms with E-state index in [0.717, 1.165) is 52.4 Å². The number of hydrogen-bond donors (Lipinski definition) is 3. The number of rotatable bonds is 0. The molecular weight excluding hydrogens is 324 g/mol. The molecule has 1 aliphatic rings. The first-order valence-electron chi connectivity index (χ1n) is 7.51. The Morgan fingerprint density at radius 1 is 0.571 bits per heavy atom. The Hall–Kier alpha value is 0.274. The summed E-state index contributed by atoms with van der Waals surface area (Å²) < 4.78 is 39.5. The van der Waals surface area contributed by atoms with Gasteiger partial charge < -0.3 is 21.3 Å². The van der Waals surface area contributed by atoms with Crippen molar-refractivity contribution < 1.29 is 31.1 Å². The van der Waals surface area contributed by atoms with Crippen molar-refractivity contribution in [1.29, 1.82) is 0 Å². The normalized spacial score (nSPS) is 21.1. The average molecular weight is 351 g/mol. The minimum absolute atomic E-state index is 1.02. The molecule has 0 aromatic heterocycles. The van der Waals surface area contributed by atoms with E-state index in [-0.39, 0.29) is 0 Å². The maximum absolute atomic E-state index is 9.88. The molecule has 0 aromatic rings. The van der Waals surface area contributed by atoms with E-state index in [1.807, 2.05) is 0 Å². The molecule has 0 unspecified atom stereocenters. The second-order valence-corrected chi connectivity index (χ2v) is 6.10. The third-order valence-electron chi connectivity index (χ3n) is 2.75. The van der Waals surface area contributed by atoms with Gasteiger partial charge in [-0.2, -0.15) is 0 Å². The van der Waals surface area contributed by atoms with Gasteiger partial charge in [-0.3, -0.25) is 0 Å². The minimum atomic E-state index is -7.00. The molecule has 21 heavy (non-hydrogen) atoms. The fraction of sp³-hybridized carbons (Fsp3) is 1.00. The van der Waals surface area contributed by atoms with Gasteiger partial charge in [0.1, 0.15) is 0 Å². The summed E-state index contributed by atoms with van der Waals surface area (Å²) in [7, 11) is 0. The topological polar surface area (TPSA) is 50.2 Å². The van der Waals surface area contributed by atoms with Crippen molar-refractivity contribution in [2.45, 2.75) is 25.7 Å². The van der Waals surface area contributed by atoms with Gasteiger partial charge in [0.2, 0.25) is 0 Å². The summed E-state index contributed by atoms with van der Waals surface area (Å²) in [6.07, 6.45) is 4.82. The van der Waals surface area contributed by atoms with Crippen LogP contribution in [0.5, 0.6) is 0 Å². The zero-order chi connectivity index (χ0) is 15.8. The summed E-state index contributed by atoms with van der Waals surface area (Å²) in [6.45, 7) is 8.80. The summed E-state index contributed by atoms with van der Waals surface area (Å²) in [6, 6.07) is 0. The van der Waals surface area contributed by atoms with Gasteiger partial charge in [-0.15, -0.1) is 13.1 Å². The number of nitrogens with one attached hydrogen (secondary N) is 3. The second-order valence-electron chi connectivity index (χ2n) is 4.76. The van der Waals surface area contributed by atoms with E-state index in [1.54, 1.807) is 0 Å². The Morgan fingerprint density at radius 2 is 0.857 bits per heavy atom. The van der Waals surface area contributed by atoms with E-state index in [1.165, 1.54) is 25.7 Å². The van der Waals surface area contributed by atoms with Crippen LogP contribution >= 0.6 is 0 Å². The van der Waals surface area contributed by atoms with Crippen LogP contribution in [0.25, 0.3) is 5.32 Å². The Balaban J connectivity index is 0.000000690. The van der Waals surface area contributed by atoms with Crippen molar-refractivity contribution in [2.75, 3.05) is 52.4 Å². The SMILES string of the molecule is C1C[N-]CCCNCCCNCCCNC1.[F][Ti]([F])([F])[F]. The molecular formula is C12H27F4N4Ti-. The summed E-state index contributed by atoms with van der Waals surface area (Å²) in [5.74, 6) is 0. The summed E-state index contributed by atoms with van der Waals surface area (Å²) in [4.78, 5) is 0. The van der Waals surface area contributed by atoms with Crippen molar-refractivity contribution in [1.82, 2.24) is 16.0 Å². The molecule has 0 aliphatic carbocycles. The average Bonchev–Trinajstić information content (AvgIpc) is 2.37. The molecule has 0 radical (unpaired) electrons. The van der Waals surface area contributed by atoms with Crippen LogP contribution in [0.4, 0.5) is 12.4 Å². The first-order valence-corrected chi connectivity index (χ1v) is 9.87. The van der Waals surface area contributed by atoms with Crippen LogP contribution in [0, 0.1) is 0 Å². The van der Waals surface area contributed by atoms with E-state index < -0.39 is 18.7 Å². The second kappa shape index (κ2) is 15.2. The van der Waals surface area contributed by atoms with E-state index >= 15 is 0 Å². The van der Waals surface area contributed by atoms with Gasteiger partial charge in [-0.25, -0.2) is 0 Å².